The SMILES string of the molecule is CN(Cc1ccc(CN)cc1)C(=O)C1CCCCC1. The van der Waals surface area contributed by atoms with E-state index in [2.05, 4.69) is 12.1 Å². The van der Waals surface area contributed by atoms with Gasteiger partial charge in [-0.1, -0.05) is 43.5 Å². The molecule has 0 unspecified atom stereocenters. The van der Waals surface area contributed by atoms with Gasteiger partial charge in [0.2, 0.25) is 5.91 Å². The molecule has 0 aromatic heterocycles. The van der Waals surface area contributed by atoms with E-state index in [9.17, 15) is 4.79 Å². The summed E-state index contributed by atoms with van der Waals surface area (Å²) in [5.74, 6) is 0.560. The van der Waals surface area contributed by atoms with Crippen molar-refractivity contribution in [1.29, 1.82) is 0 Å². The second-order valence-corrected chi connectivity index (χ2v) is 5.55. The summed E-state index contributed by atoms with van der Waals surface area (Å²) in [5, 5.41) is 0. The highest BCUT2D eigenvalue weighted by atomic mass is 16.2. The maximum atomic E-state index is 12.3. The lowest BCUT2D eigenvalue weighted by Crippen LogP contribution is -2.33. The standard InChI is InChI=1S/C16H24N2O/c1-18(16(19)15-5-3-2-4-6-15)12-14-9-7-13(11-17)8-10-14/h7-10,15H,2-6,11-12,17H2,1H3. The van der Waals surface area contributed by atoms with Gasteiger partial charge < -0.3 is 10.6 Å². The van der Waals surface area contributed by atoms with Crippen molar-refractivity contribution >= 4 is 5.91 Å². The number of carbonyl (C=O) groups excluding carboxylic acids is 1. The molecule has 1 aromatic carbocycles. The quantitative estimate of drug-likeness (QED) is 0.904. The number of hydrogen-bond acceptors (Lipinski definition) is 2. The number of hydrogen-bond donors (Lipinski definition) is 1. The first kappa shape index (κ1) is 14.1. The van der Waals surface area contributed by atoms with E-state index < -0.39 is 0 Å². The zero-order valence-corrected chi connectivity index (χ0v) is 11.8. The molecule has 1 saturated carbocycles. The van der Waals surface area contributed by atoms with Gasteiger partial charge >= 0.3 is 0 Å². The summed E-state index contributed by atoms with van der Waals surface area (Å²) in [6.45, 7) is 1.26. The molecule has 0 atom stereocenters. The molecule has 1 aliphatic rings. The third-order valence-electron chi connectivity index (χ3n) is 4.01. The molecular formula is C16H24N2O. The van der Waals surface area contributed by atoms with Gasteiger partial charge in [0.15, 0.2) is 0 Å². The summed E-state index contributed by atoms with van der Waals surface area (Å²) in [5.41, 5.74) is 7.88. The van der Waals surface area contributed by atoms with E-state index in [4.69, 9.17) is 5.73 Å². The van der Waals surface area contributed by atoms with Gasteiger partial charge in [0.05, 0.1) is 0 Å². The van der Waals surface area contributed by atoms with Crippen LogP contribution in [-0.4, -0.2) is 17.9 Å². The van der Waals surface area contributed by atoms with E-state index in [1.54, 1.807) is 0 Å². The van der Waals surface area contributed by atoms with Crippen molar-refractivity contribution in [2.45, 2.75) is 45.2 Å². The highest BCUT2D eigenvalue weighted by Crippen LogP contribution is 2.25. The summed E-state index contributed by atoms with van der Waals surface area (Å²) in [6.07, 6.45) is 5.82. The van der Waals surface area contributed by atoms with Crippen LogP contribution in [0, 0.1) is 5.92 Å². The van der Waals surface area contributed by atoms with Crippen LogP contribution in [-0.2, 0) is 17.9 Å². The summed E-state index contributed by atoms with van der Waals surface area (Å²) in [4.78, 5) is 14.2. The number of nitrogens with two attached hydrogens (primary N) is 1. The molecule has 1 amide bonds. The Morgan fingerprint density at radius 1 is 1.16 bits per heavy atom. The lowest BCUT2D eigenvalue weighted by atomic mass is 9.88. The molecule has 2 N–H and O–H groups in total. The van der Waals surface area contributed by atoms with Crippen LogP contribution in [0.3, 0.4) is 0 Å². The molecule has 0 bridgehead atoms. The van der Waals surface area contributed by atoms with Crippen LogP contribution in [0.1, 0.15) is 43.2 Å². The molecule has 0 saturated heterocycles. The van der Waals surface area contributed by atoms with Gasteiger partial charge in [0.25, 0.3) is 0 Å². The minimum atomic E-state index is 0.252. The third-order valence-corrected chi connectivity index (χ3v) is 4.01. The second kappa shape index (κ2) is 6.71. The maximum absolute atomic E-state index is 12.3. The van der Waals surface area contributed by atoms with E-state index >= 15 is 0 Å². The number of amides is 1. The molecule has 1 fully saturated rings. The minimum Gasteiger partial charge on any atom is -0.341 e. The summed E-state index contributed by atoms with van der Waals surface area (Å²) in [6, 6.07) is 8.20. The molecule has 0 heterocycles. The van der Waals surface area contributed by atoms with E-state index in [0.29, 0.717) is 19.0 Å². The lowest BCUT2D eigenvalue weighted by molar-refractivity contribution is -0.135. The van der Waals surface area contributed by atoms with Crippen molar-refractivity contribution < 1.29 is 4.79 Å². The number of benzene rings is 1. The van der Waals surface area contributed by atoms with E-state index in [1.165, 1.54) is 24.8 Å². The number of nitrogens with zero attached hydrogens (tertiary/aromatic N) is 1. The largest absolute Gasteiger partial charge is 0.341 e. The highest BCUT2D eigenvalue weighted by molar-refractivity contribution is 5.78. The van der Waals surface area contributed by atoms with Gasteiger partial charge in [-0.15, -0.1) is 0 Å². The fourth-order valence-corrected chi connectivity index (χ4v) is 2.79. The minimum absolute atomic E-state index is 0.252. The lowest BCUT2D eigenvalue weighted by Gasteiger charge is -2.26. The summed E-state index contributed by atoms with van der Waals surface area (Å²) >= 11 is 0. The molecule has 2 rings (SSSR count). The Bertz CT molecular complexity index is 407. The Morgan fingerprint density at radius 2 is 1.74 bits per heavy atom. The number of carbonyl (C=O) groups is 1. The van der Waals surface area contributed by atoms with E-state index in [0.717, 1.165) is 18.4 Å². The van der Waals surface area contributed by atoms with Crippen molar-refractivity contribution in [2.75, 3.05) is 7.05 Å². The van der Waals surface area contributed by atoms with E-state index in [-0.39, 0.29) is 5.92 Å². The van der Waals surface area contributed by atoms with Crippen LogP contribution >= 0.6 is 0 Å². The fraction of sp³-hybridized carbons (Fsp3) is 0.562. The van der Waals surface area contributed by atoms with Gasteiger partial charge in [0, 0.05) is 26.1 Å². The topological polar surface area (TPSA) is 46.3 Å². The zero-order chi connectivity index (χ0) is 13.7. The van der Waals surface area contributed by atoms with Crippen molar-refractivity contribution in [1.82, 2.24) is 4.90 Å². The molecule has 1 aliphatic carbocycles. The predicted molar refractivity (Wildman–Crippen MR) is 77.4 cm³/mol. The first-order chi connectivity index (χ1) is 9.20. The molecule has 0 aliphatic heterocycles. The Kier molecular flexibility index (Phi) is 4.97. The number of rotatable bonds is 4. The maximum Gasteiger partial charge on any atom is 0.225 e. The monoisotopic (exact) mass is 260 g/mol. The van der Waals surface area contributed by atoms with Gasteiger partial charge in [-0.2, -0.15) is 0 Å². The van der Waals surface area contributed by atoms with Crippen molar-refractivity contribution in [3.8, 4) is 0 Å². The van der Waals surface area contributed by atoms with Crippen molar-refractivity contribution in [2.24, 2.45) is 11.7 Å². The van der Waals surface area contributed by atoms with Crippen LogP contribution in [0.2, 0.25) is 0 Å². The van der Waals surface area contributed by atoms with Gasteiger partial charge in [-0.05, 0) is 24.0 Å². The zero-order valence-electron chi connectivity index (χ0n) is 11.8. The highest BCUT2D eigenvalue weighted by Gasteiger charge is 2.23. The fourth-order valence-electron chi connectivity index (χ4n) is 2.79. The first-order valence-electron chi connectivity index (χ1n) is 7.23. The van der Waals surface area contributed by atoms with Crippen LogP contribution in [0.15, 0.2) is 24.3 Å². The normalized spacial score (nSPS) is 16.3. The summed E-state index contributed by atoms with van der Waals surface area (Å²) < 4.78 is 0. The average Bonchev–Trinajstić information content (AvgIpc) is 2.48. The van der Waals surface area contributed by atoms with Crippen LogP contribution < -0.4 is 5.73 Å². The molecule has 19 heavy (non-hydrogen) atoms. The molecule has 1 aromatic rings. The Labute approximate surface area is 115 Å². The van der Waals surface area contributed by atoms with Gasteiger partial charge in [-0.25, -0.2) is 0 Å². The Balaban J connectivity index is 1.91. The molecule has 3 heteroatoms. The Hall–Kier alpha value is -1.35. The Morgan fingerprint density at radius 3 is 2.32 bits per heavy atom. The molecule has 0 spiro atoms. The van der Waals surface area contributed by atoms with Crippen LogP contribution in [0.25, 0.3) is 0 Å². The molecule has 0 radical (unpaired) electrons. The average molecular weight is 260 g/mol. The smallest absolute Gasteiger partial charge is 0.225 e. The van der Waals surface area contributed by atoms with Crippen LogP contribution in [0.5, 0.6) is 0 Å². The van der Waals surface area contributed by atoms with Crippen LogP contribution in [0.4, 0.5) is 0 Å². The van der Waals surface area contributed by atoms with Gasteiger partial charge in [-0.3, -0.25) is 4.79 Å². The summed E-state index contributed by atoms with van der Waals surface area (Å²) in [7, 11) is 1.91. The third kappa shape index (κ3) is 3.80. The molecule has 3 nitrogen and oxygen atoms in total. The van der Waals surface area contributed by atoms with E-state index in [1.807, 2.05) is 24.1 Å². The predicted octanol–water partition coefficient (Wildman–Crippen LogP) is 2.68. The van der Waals surface area contributed by atoms with Gasteiger partial charge in [0.1, 0.15) is 0 Å². The first-order valence-corrected chi connectivity index (χ1v) is 7.23. The van der Waals surface area contributed by atoms with Crippen molar-refractivity contribution in [3.63, 3.8) is 0 Å². The molecular weight excluding hydrogens is 236 g/mol. The second-order valence-electron chi connectivity index (χ2n) is 5.55. The molecule has 104 valence electrons. The van der Waals surface area contributed by atoms with Crippen molar-refractivity contribution in [3.05, 3.63) is 35.4 Å².